The number of halogens is 3. The quantitative estimate of drug-likeness (QED) is 0.502. The number of Topliss-reactive ketones (excluding diaryl/α,β-unsaturated/α-hetero) is 1. The van der Waals surface area contributed by atoms with E-state index in [9.17, 15) is 18.0 Å². The first-order valence-electron chi connectivity index (χ1n) is 6.57. The molecule has 0 fully saturated rings. The molecule has 0 aliphatic carbocycles. The molecule has 0 aliphatic rings. The predicted molar refractivity (Wildman–Crippen MR) is 78.6 cm³/mol. The first kappa shape index (κ1) is 16.5. The summed E-state index contributed by atoms with van der Waals surface area (Å²) < 4.78 is 40.2. The smallest absolute Gasteiger partial charge is 0.406 e. The number of ketones is 1. The molecule has 23 heavy (non-hydrogen) atoms. The van der Waals surface area contributed by atoms with Crippen LogP contribution >= 0.6 is 0 Å². The lowest BCUT2D eigenvalue weighted by atomic mass is 9.90. The summed E-state index contributed by atoms with van der Waals surface area (Å²) in [6.45, 7) is 0. The van der Waals surface area contributed by atoms with E-state index in [0.29, 0.717) is 11.1 Å². The Morgan fingerprint density at radius 1 is 1.04 bits per heavy atom. The molecule has 0 aliphatic heterocycles. The van der Waals surface area contributed by atoms with Crippen molar-refractivity contribution in [1.29, 1.82) is 5.41 Å². The molecule has 0 amide bonds. The maximum absolute atomic E-state index is 12.5. The lowest BCUT2D eigenvalue weighted by molar-refractivity contribution is -0.274. The topological polar surface area (TPSA) is 76.2 Å². The van der Waals surface area contributed by atoms with Crippen LogP contribution in [0.5, 0.6) is 5.75 Å². The highest BCUT2D eigenvalue weighted by Crippen LogP contribution is 2.26. The van der Waals surface area contributed by atoms with Crippen molar-refractivity contribution in [3.8, 4) is 5.75 Å². The third kappa shape index (κ3) is 4.32. The fourth-order valence-corrected chi connectivity index (χ4v) is 2.10. The molecule has 3 N–H and O–H groups in total. The van der Waals surface area contributed by atoms with Gasteiger partial charge >= 0.3 is 6.36 Å². The largest absolute Gasteiger partial charge is 0.573 e. The third-order valence-electron chi connectivity index (χ3n) is 3.08. The molecule has 120 valence electrons. The summed E-state index contributed by atoms with van der Waals surface area (Å²) in [7, 11) is 0. The number of amidine groups is 1. The van der Waals surface area contributed by atoms with Crippen LogP contribution < -0.4 is 10.5 Å². The van der Waals surface area contributed by atoms with E-state index >= 15 is 0 Å². The summed E-state index contributed by atoms with van der Waals surface area (Å²) in [6, 6.07) is 13.0. The molecule has 0 spiro atoms. The fraction of sp³-hybridized carbons (Fsp3) is 0.125. The Hall–Kier alpha value is -2.83. The van der Waals surface area contributed by atoms with Gasteiger partial charge in [-0.2, -0.15) is 0 Å². The van der Waals surface area contributed by atoms with E-state index in [1.54, 1.807) is 30.3 Å². The number of carbonyl (C=O) groups excluding carboxylic acids is 1. The zero-order valence-corrected chi connectivity index (χ0v) is 11.8. The van der Waals surface area contributed by atoms with Crippen molar-refractivity contribution in [3.05, 3.63) is 65.7 Å². The standard InChI is InChI=1S/C16H13F3N2O2/c17-16(18,19)23-12-8-6-10(7-9-12)13(15(20)21)14(22)11-4-2-1-3-5-11/h1-9,13H,(H3,20,21). The molecule has 2 aromatic rings. The van der Waals surface area contributed by atoms with Crippen molar-refractivity contribution in [1.82, 2.24) is 0 Å². The lowest BCUT2D eigenvalue weighted by Gasteiger charge is -2.16. The Kier molecular flexibility index (Phi) is 4.68. The van der Waals surface area contributed by atoms with Crippen LogP contribution in [0.25, 0.3) is 0 Å². The van der Waals surface area contributed by atoms with Crippen molar-refractivity contribution in [2.45, 2.75) is 12.3 Å². The summed E-state index contributed by atoms with van der Waals surface area (Å²) in [6.07, 6.45) is -4.79. The molecule has 0 saturated carbocycles. The first-order valence-corrected chi connectivity index (χ1v) is 6.57. The summed E-state index contributed by atoms with van der Waals surface area (Å²) in [5.41, 5.74) is 6.18. The number of alkyl halides is 3. The van der Waals surface area contributed by atoms with E-state index < -0.39 is 23.8 Å². The molecule has 0 saturated heterocycles. The van der Waals surface area contributed by atoms with Crippen molar-refractivity contribution in [3.63, 3.8) is 0 Å². The predicted octanol–water partition coefficient (Wildman–Crippen LogP) is 3.49. The molecule has 1 atom stereocenters. The van der Waals surface area contributed by atoms with Crippen LogP contribution in [0, 0.1) is 5.41 Å². The van der Waals surface area contributed by atoms with Crippen LogP contribution in [0.1, 0.15) is 21.8 Å². The minimum Gasteiger partial charge on any atom is -0.406 e. The normalized spacial score (nSPS) is 12.5. The molecule has 1 unspecified atom stereocenters. The van der Waals surface area contributed by atoms with Crippen molar-refractivity contribution in [2.75, 3.05) is 0 Å². The fourth-order valence-electron chi connectivity index (χ4n) is 2.10. The van der Waals surface area contributed by atoms with Crippen LogP contribution in [0.15, 0.2) is 54.6 Å². The first-order chi connectivity index (χ1) is 10.8. The molecule has 0 bridgehead atoms. The maximum Gasteiger partial charge on any atom is 0.573 e. The van der Waals surface area contributed by atoms with Gasteiger partial charge in [0.15, 0.2) is 5.78 Å². The van der Waals surface area contributed by atoms with Gasteiger partial charge in [-0.05, 0) is 17.7 Å². The highest BCUT2D eigenvalue weighted by atomic mass is 19.4. The monoisotopic (exact) mass is 322 g/mol. The molecular weight excluding hydrogens is 309 g/mol. The van der Waals surface area contributed by atoms with Gasteiger partial charge in [-0.1, -0.05) is 42.5 Å². The average molecular weight is 322 g/mol. The van der Waals surface area contributed by atoms with Crippen LogP contribution in [-0.2, 0) is 0 Å². The number of hydrogen-bond donors (Lipinski definition) is 2. The van der Waals surface area contributed by atoms with E-state index in [1.807, 2.05) is 0 Å². The molecule has 0 radical (unpaired) electrons. The lowest BCUT2D eigenvalue weighted by Crippen LogP contribution is -2.28. The second-order valence-corrected chi connectivity index (χ2v) is 4.74. The second-order valence-electron chi connectivity index (χ2n) is 4.74. The molecule has 0 heterocycles. The zero-order valence-electron chi connectivity index (χ0n) is 11.8. The van der Waals surface area contributed by atoms with Gasteiger partial charge in [0.1, 0.15) is 17.5 Å². The Balaban J connectivity index is 2.28. The van der Waals surface area contributed by atoms with E-state index in [2.05, 4.69) is 4.74 Å². The van der Waals surface area contributed by atoms with Crippen LogP contribution in [0.3, 0.4) is 0 Å². The summed E-state index contributed by atoms with van der Waals surface area (Å²) in [5, 5.41) is 7.61. The zero-order chi connectivity index (χ0) is 17.0. The van der Waals surface area contributed by atoms with E-state index in [4.69, 9.17) is 11.1 Å². The highest BCUT2D eigenvalue weighted by Gasteiger charge is 2.31. The minimum atomic E-state index is -4.79. The number of benzene rings is 2. The van der Waals surface area contributed by atoms with Crippen LogP contribution in [0.4, 0.5) is 13.2 Å². The summed E-state index contributed by atoms with van der Waals surface area (Å²) in [5.74, 6) is -2.25. The SMILES string of the molecule is N=C(N)C(C(=O)c1ccccc1)c1ccc(OC(F)(F)F)cc1. The number of carbonyl (C=O) groups is 1. The molecule has 7 heteroatoms. The molecular formula is C16H13F3N2O2. The van der Waals surface area contributed by atoms with Gasteiger partial charge in [0, 0.05) is 5.56 Å². The molecule has 2 aromatic carbocycles. The molecule has 2 rings (SSSR count). The van der Waals surface area contributed by atoms with Gasteiger partial charge in [-0.15, -0.1) is 13.2 Å². The van der Waals surface area contributed by atoms with Crippen molar-refractivity contribution < 1.29 is 22.7 Å². The van der Waals surface area contributed by atoms with Crippen LogP contribution in [0.2, 0.25) is 0 Å². The van der Waals surface area contributed by atoms with Gasteiger partial charge < -0.3 is 10.5 Å². The Morgan fingerprint density at radius 3 is 2.09 bits per heavy atom. The Bertz CT molecular complexity index is 698. The number of ether oxygens (including phenoxy) is 1. The van der Waals surface area contributed by atoms with Gasteiger partial charge in [0.2, 0.25) is 0 Å². The van der Waals surface area contributed by atoms with E-state index in [0.717, 1.165) is 12.1 Å². The number of rotatable bonds is 5. The average Bonchev–Trinajstić information content (AvgIpc) is 2.48. The summed E-state index contributed by atoms with van der Waals surface area (Å²) in [4.78, 5) is 12.5. The highest BCUT2D eigenvalue weighted by molar-refractivity contribution is 6.14. The maximum atomic E-state index is 12.5. The Labute approximate surface area is 130 Å². The van der Waals surface area contributed by atoms with Gasteiger partial charge in [0.05, 0.1) is 0 Å². The summed E-state index contributed by atoms with van der Waals surface area (Å²) >= 11 is 0. The van der Waals surface area contributed by atoms with Crippen molar-refractivity contribution >= 4 is 11.6 Å². The number of nitrogens with two attached hydrogens (primary N) is 1. The van der Waals surface area contributed by atoms with Gasteiger partial charge in [-0.3, -0.25) is 10.2 Å². The molecule has 0 aromatic heterocycles. The van der Waals surface area contributed by atoms with Crippen molar-refractivity contribution in [2.24, 2.45) is 5.73 Å². The Morgan fingerprint density at radius 2 is 1.61 bits per heavy atom. The van der Waals surface area contributed by atoms with E-state index in [-0.39, 0.29) is 5.84 Å². The second kappa shape index (κ2) is 6.51. The number of nitrogens with one attached hydrogen (secondary N) is 1. The number of hydrogen-bond acceptors (Lipinski definition) is 3. The third-order valence-corrected chi connectivity index (χ3v) is 3.08. The minimum absolute atomic E-state index is 0.320. The van der Waals surface area contributed by atoms with Crippen LogP contribution in [-0.4, -0.2) is 18.0 Å². The van der Waals surface area contributed by atoms with E-state index in [1.165, 1.54) is 12.1 Å². The molecule has 4 nitrogen and oxygen atoms in total. The van der Waals surface area contributed by atoms with Gasteiger partial charge in [0.25, 0.3) is 0 Å². The van der Waals surface area contributed by atoms with Gasteiger partial charge in [-0.25, -0.2) is 0 Å².